The van der Waals surface area contributed by atoms with Crippen molar-refractivity contribution in [3.63, 3.8) is 0 Å². The molecule has 1 aromatic heterocycles. The molecule has 2 saturated heterocycles. The molecule has 3 heterocycles. The van der Waals surface area contributed by atoms with Gasteiger partial charge in [-0.3, -0.25) is 9.59 Å². The zero-order valence-electron chi connectivity index (χ0n) is 15.7. The van der Waals surface area contributed by atoms with Crippen molar-refractivity contribution >= 4 is 22.7 Å². The third-order valence-corrected chi connectivity index (χ3v) is 5.68. The number of hydrogen-bond acceptors (Lipinski definition) is 3. The Morgan fingerprint density at radius 2 is 1.78 bits per heavy atom. The maximum Gasteiger partial charge on any atom is 0.227 e. The van der Waals surface area contributed by atoms with Gasteiger partial charge in [0.2, 0.25) is 11.8 Å². The molecule has 0 aliphatic carbocycles. The summed E-state index contributed by atoms with van der Waals surface area (Å²) in [5, 5.41) is 1.10. The molecule has 6 heteroatoms. The van der Waals surface area contributed by atoms with E-state index in [2.05, 4.69) is 4.98 Å². The molecular formula is C21H27N3O3. The number of aromatic amines is 1. The second-order valence-corrected chi connectivity index (χ2v) is 7.49. The van der Waals surface area contributed by atoms with Gasteiger partial charge in [0.15, 0.2) is 0 Å². The lowest BCUT2D eigenvalue weighted by Gasteiger charge is -2.35. The molecule has 0 saturated carbocycles. The standard InChI is InChI=1S/C21H27N3O3/c25-20(13-16-15-22-19-7-2-1-6-18(16)19)23-8-10-24(11-9-23)21(26)14-17-5-3-4-12-27-17/h1-2,6-7,15,17,22H,3-5,8-14H2. The molecule has 2 amide bonds. The molecule has 1 aromatic carbocycles. The van der Waals surface area contributed by atoms with Crippen molar-refractivity contribution in [3.05, 3.63) is 36.0 Å². The third kappa shape index (κ3) is 4.16. The summed E-state index contributed by atoms with van der Waals surface area (Å²) in [4.78, 5) is 32.2. The van der Waals surface area contributed by atoms with Gasteiger partial charge in [-0.25, -0.2) is 0 Å². The van der Waals surface area contributed by atoms with Gasteiger partial charge >= 0.3 is 0 Å². The van der Waals surface area contributed by atoms with Crippen LogP contribution in [-0.2, 0) is 20.7 Å². The number of carbonyl (C=O) groups excluding carboxylic acids is 2. The lowest BCUT2D eigenvalue weighted by atomic mass is 10.1. The summed E-state index contributed by atoms with van der Waals surface area (Å²) >= 11 is 0. The van der Waals surface area contributed by atoms with E-state index < -0.39 is 0 Å². The number of ether oxygens (including phenoxy) is 1. The zero-order valence-corrected chi connectivity index (χ0v) is 15.7. The van der Waals surface area contributed by atoms with Crippen LogP contribution in [0.5, 0.6) is 0 Å². The van der Waals surface area contributed by atoms with Gasteiger partial charge in [0, 0.05) is 49.9 Å². The van der Waals surface area contributed by atoms with Crippen molar-refractivity contribution in [3.8, 4) is 0 Å². The number of rotatable bonds is 4. The SMILES string of the molecule is O=C(Cc1c[nH]c2ccccc12)N1CCN(C(=O)CC2CCCCO2)CC1. The second kappa shape index (κ2) is 8.13. The van der Waals surface area contributed by atoms with Gasteiger partial charge < -0.3 is 19.5 Å². The number of fused-ring (bicyclic) bond motifs is 1. The number of carbonyl (C=O) groups is 2. The molecule has 27 heavy (non-hydrogen) atoms. The number of benzene rings is 1. The van der Waals surface area contributed by atoms with Gasteiger partial charge in [-0.2, -0.15) is 0 Å². The van der Waals surface area contributed by atoms with Crippen LogP contribution in [0.3, 0.4) is 0 Å². The Morgan fingerprint density at radius 1 is 1.04 bits per heavy atom. The fourth-order valence-electron chi connectivity index (χ4n) is 4.05. The quantitative estimate of drug-likeness (QED) is 0.900. The molecule has 0 bridgehead atoms. The lowest BCUT2D eigenvalue weighted by molar-refractivity contribution is -0.141. The van der Waals surface area contributed by atoms with Crippen molar-refractivity contribution in [1.29, 1.82) is 0 Å². The van der Waals surface area contributed by atoms with E-state index in [0.29, 0.717) is 39.0 Å². The van der Waals surface area contributed by atoms with Gasteiger partial charge in [0.05, 0.1) is 18.9 Å². The highest BCUT2D eigenvalue weighted by Gasteiger charge is 2.27. The Morgan fingerprint density at radius 3 is 2.52 bits per heavy atom. The molecule has 0 radical (unpaired) electrons. The van der Waals surface area contributed by atoms with Crippen LogP contribution >= 0.6 is 0 Å². The van der Waals surface area contributed by atoms with Crippen LogP contribution in [0.15, 0.2) is 30.5 Å². The Balaban J connectivity index is 1.28. The molecule has 1 unspecified atom stereocenters. The van der Waals surface area contributed by atoms with Crippen molar-refractivity contribution in [1.82, 2.24) is 14.8 Å². The minimum absolute atomic E-state index is 0.0767. The Bertz CT molecular complexity index is 802. The number of H-pyrrole nitrogens is 1. The fraction of sp³-hybridized carbons (Fsp3) is 0.524. The highest BCUT2D eigenvalue weighted by molar-refractivity contribution is 5.89. The summed E-state index contributed by atoms with van der Waals surface area (Å²) in [6, 6.07) is 8.03. The number of amides is 2. The number of nitrogens with one attached hydrogen (secondary N) is 1. The van der Waals surface area contributed by atoms with E-state index in [-0.39, 0.29) is 17.9 Å². The lowest BCUT2D eigenvalue weighted by Crippen LogP contribution is -2.51. The molecule has 1 N–H and O–H groups in total. The molecule has 4 rings (SSSR count). The minimum atomic E-state index is 0.0767. The van der Waals surface area contributed by atoms with Gasteiger partial charge in [-0.15, -0.1) is 0 Å². The van der Waals surface area contributed by atoms with E-state index in [9.17, 15) is 9.59 Å². The molecule has 2 aliphatic rings. The molecule has 2 fully saturated rings. The van der Waals surface area contributed by atoms with Crippen LogP contribution in [0.25, 0.3) is 10.9 Å². The molecule has 1 atom stereocenters. The highest BCUT2D eigenvalue weighted by Crippen LogP contribution is 2.20. The summed E-state index contributed by atoms with van der Waals surface area (Å²) in [5.74, 6) is 0.285. The van der Waals surface area contributed by atoms with Gasteiger partial charge in [-0.05, 0) is 30.9 Å². The summed E-state index contributed by atoms with van der Waals surface area (Å²) in [6.45, 7) is 3.22. The minimum Gasteiger partial charge on any atom is -0.378 e. The van der Waals surface area contributed by atoms with Crippen LogP contribution in [-0.4, -0.2) is 65.5 Å². The summed E-state index contributed by atoms with van der Waals surface area (Å²) in [6.07, 6.45) is 6.10. The smallest absolute Gasteiger partial charge is 0.227 e. The van der Waals surface area contributed by atoms with Crippen molar-refractivity contribution in [2.75, 3.05) is 32.8 Å². The average molecular weight is 369 g/mol. The molecular weight excluding hydrogens is 342 g/mol. The van der Waals surface area contributed by atoms with E-state index in [1.165, 1.54) is 0 Å². The molecule has 6 nitrogen and oxygen atoms in total. The summed E-state index contributed by atoms with van der Waals surface area (Å²) < 4.78 is 5.68. The molecule has 2 aromatic rings. The van der Waals surface area contributed by atoms with Crippen LogP contribution < -0.4 is 0 Å². The number of aromatic nitrogens is 1. The average Bonchev–Trinajstić information content (AvgIpc) is 3.12. The maximum absolute atomic E-state index is 12.7. The van der Waals surface area contributed by atoms with E-state index in [0.717, 1.165) is 42.3 Å². The predicted molar refractivity (Wildman–Crippen MR) is 103 cm³/mol. The first kappa shape index (κ1) is 18.0. The Labute approximate surface area is 159 Å². The van der Waals surface area contributed by atoms with Crippen molar-refractivity contribution < 1.29 is 14.3 Å². The van der Waals surface area contributed by atoms with Crippen molar-refractivity contribution in [2.24, 2.45) is 0 Å². The van der Waals surface area contributed by atoms with Crippen molar-refractivity contribution in [2.45, 2.75) is 38.2 Å². The van der Waals surface area contributed by atoms with E-state index in [1.54, 1.807) is 0 Å². The van der Waals surface area contributed by atoms with Crippen LogP contribution in [0.1, 0.15) is 31.2 Å². The van der Waals surface area contributed by atoms with Crippen LogP contribution in [0.4, 0.5) is 0 Å². The van der Waals surface area contributed by atoms with E-state index in [4.69, 9.17) is 4.74 Å². The zero-order chi connectivity index (χ0) is 18.6. The number of hydrogen-bond donors (Lipinski definition) is 1. The highest BCUT2D eigenvalue weighted by atomic mass is 16.5. The largest absolute Gasteiger partial charge is 0.378 e. The number of para-hydroxylation sites is 1. The first-order valence-electron chi connectivity index (χ1n) is 9.93. The first-order chi connectivity index (χ1) is 13.2. The normalized spacial score (nSPS) is 20.8. The Kier molecular flexibility index (Phi) is 5.43. The second-order valence-electron chi connectivity index (χ2n) is 7.49. The number of nitrogens with zero attached hydrogens (tertiary/aromatic N) is 2. The first-order valence-corrected chi connectivity index (χ1v) is 9.93. The Hall–Kier alpha value is -2.34. The topological polar surface area (TPSA) is 65.6 Å². The third-order valence-electron chi connectivity index (χ3n) is 5.68. The predicted octanol–water partition coefficient (Wildman–Crippen LogP) is 2.34. The molecule has 0 spiro atoms. The van der Waals surface area contributed by atoms with Gasteiger partial charge in [0.25, 0.3) is 0 Å². The monoisotopic (exact) mass is 369 g/mol. The molecule has 144 valence electrons. The van der Waals surface area contributed by atoms with E-state index >= 15 is 0 Å². The maximum atomic E-state index is 12.7. The van der Waals surface area contributed by atoms with E-state index in [1.807, 2.05) is 40.3 Å². The van der Waals surface area contributed by atoms with Crippen LogP contribution in [0, 0.1) is 0 Å². The summed E-state index contributed by atoms with van der Waals surface area (Å²) in [7, 11) is 0. The van der Waals surface area contributed by atoms with Crippen LogP contribution in [0.2, 0.25) is 0 Å². The number of piperazine rings is 1. The van der Waals surface area contributed by atoms with Gasteiger partial charge in [-0.1, -0.05) is 18.2 Å². The fourth-order valence-corrected chi connectivity index (χ4v) is 4.05. The van der Waals surface area contributed by atoms with Gasteiger partial charge in [0.1, 0.15) is 0 Å². The summed E-state index contributed by atoms with van der Waals surface area (Å²) in [5.41, 5.74) is 2.09. The molecule has 2 aliphatic heterocycles.